The Hall–Kier alpha value is -0.100. The number of likely N-dealkylation sites (tertiary alicyclic amines) is 1. The van der Waals surface area contributed by atoms with E-state index in [1.807, 2.05) is 12.1 Å². The Labute approximate surface area is 131 Å². The van der Waals surface area contributed by atoms with Gasteiger partial charge in [0.1, 0.15) is 5.75 Å². The van der Waals surface area contributed by atoms with Gasteiger partial charge in [0.25, 0.3) is 0 Å². The first kappa shape index (κ1) is 15.3. The summed E-state index contributed by atoms with van der Waals surface area (Å²) >= 11 is 6.96. The first-order valence-corrected chi connectivity index (χ1v) is 8.23. The summed E-state index contributed by atoms with van der Waals surface area (Å²) in [4.78, 5) is 2.49. The average molecular weight is 393 g/mol. The van der Waals surface area contributed by atoms with Crippen LogP contribution in [0.4, 0.5) is 0 Å². The SMILES string of the molecule is OCc1cc(Br)c(OCCCN2CCCC2)c(Br)c1. The minimum atomic E-state index is 0.0342. The van der Waals surface area contributed by atoms with Crippen molar-refractivity contribution in [2.75, 3.05) is 26.2 Å². The first-order chi connectivity index (χ1) is 9.20. The molecule has 1 saturated heterocycles. The molecule has 1 aliphatic heterocycles. The Balaban J connectivity index is 1.81. The van der Waals surface area contributed by atoms with E-state index in [9.17, 15) is 0 Å². The van der Waals surface area contributed by atoms with Crippen molar-refractivity contribution in [1.29, 1.82) is 0 Å². The summed E-state index contributed by atoms with van der Waals surface area (Å²) in [5.41, 5.74) is 0.864. The summed E-state index contributed by atoms with van der Waals surface area (Å²) < 4.78 is 7.59. The molecule has 0 atom stereocenters. The highest BCUT2D eigenvalue weighted by Crippen LogP contribution is 2.34. The molecule has 1 heterocycles. The normalized spacial score (nSPS) is 15.9. The Kier molecular flexibility index (Phi) is 6.13. The third kappa shape index (κ3) is 4.45. The number of aliphatic hydroxyl groups excluding tert-OH is 1. The van der Waals surface area contributed by atoms with Crippen molar-refractivity contribution < 1.29 is 9.84 Å². The van der Waals surface area contributed by atoms with E-state index in [1.54, 1.807) is 0 Å². The van der Waals surface area contributed by atoms with Gasteiger partial charge in [-0.2, -0.15) is 0 Å². The second-order valence-electron chi connectivity index (χ2n) is 4.80. The molecule has 0 aliphatic carbocycles. The number of hydrogen-bond donors (Lipinski definition) is 1. The number of hydrogen-bond acceptors (Lipinski definition) is 3. The van der Waals surface area contributed by atoms with Crippen LogP contribution < -0.4 is 4.74 Å². The van der Waals surface area contributed by atoms with Crippen LogP contribution in [0.3, 0.4) is 0 Å². The minimum Gasteiger partial charge on any atom is -0.491 e. The van der Waals surface area contributed by atoms with E-state index in [0.717, 1.165) is 33.2 Å². The summed E-state index contributed by atoms with van der Waals surface area (Å²) in [7, 11) is 0. The Bertz CT molecular complexity index is 397. The van der Waals surface area contributed by atoms with Crippen molar-refractivity contribution in [1.82, 2.24) is 4.90 Å². The smallest absolute Gasteiger partial charge is 0.147 e. The van der Waals surface area contributed by atoms with Gasteiger partial charge in [-0.25, -0.2) is 0 Å². The molecule has 1 fully saturated rings. The number of ether oxygens (including phenoxy) is 1. The number of halogens is 2. The molecule has 0 radical (unpaired) electrons. The second-order valence-corrected chi connectivity index (χ2v) is 6.51. The number of aliphatic hydroxyl groups is 1. The lowest BCUT2D eigenvalue weighted by Crippen LogP contribution is -2.22. The van der Waals surface area contributed by atoms with E-state index in [0.29, 0.717) is 6.61 Å². The van der Waals surface area contributed by atoms with E-state index in [4.69, 9.17) is 9.84 Å². The predicted molar refractivity (Wildman–Crippen MR) is 83.6 cm³/mol. The molecule has 1 aliphatic rings. The Morgan fingerprint density at radius 2 is 1.79 bits per heavy atom. The van der Waals surface area contributed by atoms with Crippen LogP contribution in [0.2, 0.25) is 0 Å². The van der Waals surface area contributed by atoms with Gasteiger partial charge in [-0.15, -0.1) is 0 Å². The molecule has 106 valence electrons. The summed E-state index contributed by atoms with van der Waals surface area (Å²) in [6.07, 6.45) is 3.71. The number of benzene rings is 1. The highest BCUT2D eigenvalue weighted by atomic mass is 79.9. The third-order valence-electron chi connectivity index (χ3n) is 3.30. The summed E-state index contributed by atoms with van der Waals surface area (Å²) in [5, 5.41) is 9.12. The van der Waals surface area contributed by atoms with Gasteiger partial charge in [0, 0.05) is 6.54 Å². The van der Waals surface area contributed by atoms with Crippen LogP contribution >= 0.6 is 31.9 Å². The van der Waals surface area contributed by atoms with Crippen LogP contribution in [-0.2, 0) is 6.61 Å². The van der Waals surface area contributed by atoms with Gasteiger partial charge in [-0.1, -0.05) is 0 Å². The van der Waals surface area contributed by atoms with Crippen LogP contribution in [0.25, 0.3) is 0 Å². The molecule has 0 amide bonds. The summed E-state index contributed by atoms with van der Waals surface area (Å²) in [5.74, 6) is 0.818. The highest BCUT2D eigenvalue weighted by Gasteiger charge is 2.12. The molecule has 0 aromatic heterocycles. The van der Waals surface area contributed by atoms with Crippen molar-refractivity contribution in [2.45, 2.75) is 25.9 Å². The molecule has 0 saturated carbocycles. The molecule has 0 unspecified atom stereocenters. The van der Waals surface area contributed by atoms with Crippen LogP contribution in [0, 0.1) is 0 Å². The van der Waals surface area contributed by atoms with E-state index in [-0.39, 0.29) is 6.61 Å². The fraction of sp³-hybridized carbons (Fsp3) is 0.571. The largest absolute Gasteiger partial charge is 0.491 e. The van der Waals surface area contributed by atoms with Gasteiger partial charge in [0.2, 0.25) is 0 Å². The molecule has 1 aromatic rings. The van der Waals surface area contributed by atoms with Crippen molar-refractivity contribution in [3.8, 4) is 5.75 Å². The average Bonchev–Trinajstić information content (AvgIpc) is 2.89. The maximum atomic E-state index is 9.12. The van der Waals surface area contributed by atoms with Crippen molar-refractivity contribution in [3.63, 3.8) is 0 Å². The molecule has 1 aromatic carbocycles. The predicted octanol–water partition coefficient (Wildman–Crippen LogP) is 3.57. The third-order valence-corrected chi connectivity index (χ3v) is 4.48. The van der Waals surface area contributed by atoms with Crippen molar-refractivity contribution >= 4 is 31.9 Å². The molecule has 3 nitrogen and oxygen atoms in total. The molecule has 0 bridgehead atoms. The van der Waals surface area contributed by atoms with Crippen molar-refractivity contribution in [2.24, 2.45) is 0 Å². The van der Waals surface area contributed by atoms with Gasteiger partial charge >= 0.3 is 0 Å². The molecule has 5 heteroatoms. The monoisotopic (exact) mass is 391 g/mol. The number of rotatable bonds is 6. The van der Waals surface area contributed by atoms with Gasteiger partial charge in [0.15, 0.2) is 0 Å². The van der Waals surface area contributed by atoms with Gasteiger partial charge in [-0.3, -0.25) is 0 Å². The first-order valence-electron chi connectivity index (χ1n) is 6.64. The molecule has 0 spiro atoms. The van der Waals surface area contributed by atoms with Crippen molar-refractivity contribution in [3.05, 3.63) is 26.6 Å². The maximum Gasteiger partial charge on any atom is 0.147 e. The van der Waals surface area contributed by atoms with Gasteiger partial charge in [0.05, 0.1) is 22.2 Å². The molecule has 2 rings (SSSR count). The lowest BCUT2D eigenvalue weighted by Gasteiger charge is -2.15. The summed E-state index contributed by atoms with van der Waals surface area (Å²) in [6, 6.07) is 3.78. The zero-order valence-electron chi connectivity index (χ0n) is 10.9. The quantitative estimate of drug-likeness (QED) is 0.751. The Morgan fingerprint density at radius 1 is 1.16 bits per heavy atom. The van der Waals surface area contributed by atoms with Gasteiger partial charge < -0.3 is 14.7 Å². The standard InChI is InChI=1S/C14H19Br2NO2/c15-12-8-11(10-18)9-13(16)14(12)19-7-3-6-17-4-1-2-5-17/h8-9,18H,1-7,10H2. The van der Waals surface area contributed by atoms with Crippen LogP contribution in [0.5, 0.6) is 5.75 Å². The van der Waals surface area contributed by atoms with E-state index < -0.39 is 0 Å². The Morgan fingerprint density at radius 3 is 2.37 bits per heavy atom. The van der Waals surface area contributed by atoms with Crippen LogP contribution in [0.15, 0.2) is 21.1 Å². The molecular formula is C14H19Br2NO2. The zero-order valence-corrected chi connectivity index (χ0v) is 14.0. The van der Waals surface area contributed by atoms with Crippen LogP contribution in [-0.4, -0.2) is 36.2 Å². The summed E-state index contributed by atoms with van der Waals surface area (Å²) in [6.45, 7) is 4.33. The topological polar surface area (TPSA) is 32.7 Å². The minimum absolute atomic E-state index is 0.0342. The van der Waals surface area contributed by atoms with E-state index in [1.165, 1.54) is 25.9 Å². The lowest BCUT2D eigenvalue weighted by molar-refractivity contribution is 0.260. The molecular weight excluding hydrogens is 374 g/mol. The molecule has 1 N–H and O–H groups in total. The highest BCUT2D eigenvalue weighted by molar-refractivity contribution is 9.11. The second kappa shape index (κ2) is 7.62. The fourth-order valence-electron chi connectivity index (χ4n) is 2.31. The number of nitrogens with zero attached hydrogens (tertiary/aromatic N) is 1. The maximum absolute atomic E-state index is 9.12. The van der Waals surface area contributed by atoms with Crippen LogP contribution in [0.1, 0.15) is 24.8 Å². The van der Waals surface area contributed by atoms with Gasteiger partial charge in [-0.05, 0) is 81.9 Å². The lowest BCUT2D eigenvalue weighted by atomic mass is 10.2. The zero-order chi connectivity index (χ0) is 13.7. The van der Waals surface area contributed by atoms with E-state index >= 15 is 0 Å². The fourth-order valence-corrected chi connectivity index (χ4v) is 3.82. The molecule has 19 heavy (non-hydrogen) atoms. The van der Waals surface area contributed by atoms with E-state index in [2.05, 4.69) is 36.8 Å².